The minimum Gasteiger partial charge on any atom is -0.444 e. The van der Waals surface area contributed by atoms with Gasteiger partial charge in [0.1, 0.15) is 24.0 Å². The van der Waals surface area contributed by atoms with Crippen LogP contribution < -0.4 is 10.6 Å². The molecule has 0 aliphatic carbocycles. The molecule has 5 heterocycles. The summed E-state index contributed by atoms with van der Waals surface area (Å²) in [5, 5.41) is 9.79. The fraction of sp³-hybridized carbons (Fsp3) is 0.372. The normalized spacial score (nSPS) is 22.2. The number of nitrogens with one attached hydrogen (secondary N) is 2. The van der Waals surface area contributed by atoms with Crippen LogP contribution in [0.25, 0.3) is 43.6 Å². The van der Waals surface area contributed by atoms with Gasteiger partial charge in [-0.1, -0.05) is 66.7 Å². The number of nitrogens with zero attached hydrogens (tertiary/aromatic N) is 3. The van der Waals surface area contributed by atoms with Crippen molar-refractivity contribution < 1.29 is 33.3 Å². The topological polar surface area (TPSA) is 125 Å². The standard InChI is InChI=1S/C43H45N5O7/c1-42(2,3)55-41(51)45-28(23-53-22-24-14-8-7-9-15-24)40(50)46(5)31-20-32-47-29-18-12-10-16-25(29)34-35-27(21-44-39(35)49)33-26-17-11-13-19-30(26)48(37(33)36(34)47)43(4,54-32)38(31)52-6/h7-19,28,31-32,38H,20-23H2,1-6H3,(H,44,49)(H,45,51)/t28-,31+,32+,38+,43-/m0/s1. The Morgan fingerprint density at radius 3 is 2.36 bits per heavy atom. The van der Waals surface area contributed by atoms with Crippen LogP contribution in [0.15, 0.2) is 78.9 Å². The Labute approximate surface area is 318 Å². The largest absolute Gasteiger partial charge is 0.444 e. The molecule has 1 fully saturated rings. The van der Waals surface area contributed by atoms with Gasteiger partial charge < -0.3 is 43.6 Å². The van der Waals surface area contributed by atoms with Gasteiger partial charge in [0, 0.05) is 48.7 Å². The van der Waals surface area contributed by atoms with Gasteiger partial charge in [-0.25, -0.2) is 4.79 Å². The molecular weight excluding hydrogens is 699 g/mol. The first-order valence-corrected chi connectivity index (χ1v) is 18.8. The number of para-hydroxylation sites is 2. The number of rotatable bonds is 8. The monoisotopic (exact) mass is 743 g/mol. The molecule has 0 unspecified atom stereocenters. The Morgan fingerprint density at radius 2 is 1.65 bits per heavy atom. The zero-order valence-corrected chi connectivity index (χ0v) is 31.8. The lowest BCUT2D eigenvalue weighted by Crippen LogP contribution is -2.63. The van der Waals surface area contributed by atoms with Crippen LogP contribution in [0.1, 0.15) is 61.8 Å². The highest BCUT2D eigenvalue weighted by atomic mass is 16.6. The Kier molecular flexibility index (Phi) is 8.23. The lowest BCUT2D eigenvalue weighted by molar-refractivity contribution is -0.266. The molecule has 3 aliphatic heterocycles. The van der Waals surface area contributed by atoms with E-state index in [9.17, 15) is 14.4 Å². The van der Waals surface area contributed by atoms with Crippen molar-refractivity contribution in [3.8, 4) is 0 Å². The second-order valence-corrected chi connectivity index (χ2v) is 16.0. The summed E-state index contributed by atoms with van der Waals surface area (Å²) in [4.78, 5) is 43.4. The first-order valence-electron chi connectivity index (χ1n) is 18.8. The Morgan fingerprint density at radius 1 is 0.982 bits per heavy atom. The summed E-state index contributed by atoms with van der Waals surface area (Å²) in [6, 6.07) is 24.4. The molecule has 0 radical (unpaired) electrons. The summed E-state index contributed by atoms with van der Waals surface area (Å²) in [7, 11) is 3.40. The summed E-state index contributed by atoms with van der Waals surface area (Å²) in [5.41, 5.74) is 4.44. The van der Waals surface area contributed by atoms with Crippen molar-refractivity contribution in [3.05, 3.63) is 95.6 Å². The molecule has 0 saturated carbocycles. The average Bonchev–Trinajstić information content (AvgIpc) is 3.81. The highest BCUT2D eigenvalue weighted by molar-refractivity contribution is 6.31. The van der Waals surface area contributed by atoms with Crippen LogP contribution in [0.3, 0.4) is 0 Å². The van der Waals surface area contributed by atoms with Crippen molar-refractivity contribution in [2.45, 2.75) is 83.0 Å². The Bertz CT molecular complexity index is 2540. The summed E-state index contributed by atoms with van der Waals surface area (Å²) in [6.07, 6.45) is -1.58. The maximum Gasteiger partial charge on any atom is 0.408 e. The van der Waals surface area contributed by atoms with Gasteiger partial charge in [0.15, 0.2) is 5.72 Å². The summed E-state index contributed by atoms with van der Waals surface area (Å²) in [6.45, 7) is 7.95. The van der Waals surface area contributed by atoms with E-state index in [1.807, 2.05) is 61.5 Å². The molecular formula is C43H45N5O7. The molecule has 0 spiro atoms. The minimum atomic E-state index is -1.13. The van der Waals surface area contributed by atoms with Crippen molar-refractivity contribution >= 4 is 61.5 Å². The van der Waals surface area contributed by atoms with E-state index in [4.69, 9.17) is 18.9 Å². The maximum absolute atomic E-state index is 14.8. The third-order valence-electron chi connectivity index (χ3n) is 11.4. The predicted molar refractivity (Wildman–Crippen MR) is 209 cm³/mol. The molecule has 3 aliphatic rings. The van der Waals surface area contributed by atoms with Gasteiger partial charge in [0.05, 0.1) is 46.9 Å². The van der Waals surface area contributed by atoms with Gasteiger partial charge in [-0.2, -0.15) is 0 Å². The van der Waals surface area contributed by atoms with E-state index in [1.165, 1.54) is 0 Å². The molecule has 1 saturated heterocycles. The van der Waals surface area contributed by atoms with Crippen molar-refractivity contribution in [3.63, 3.8) is 0 Å². The van der Waals surface area contributed by atoms with E-state index < -0.39 is 41.8 Å². The van der Waals surface area contributed by atoms with E-state index >= 15 is 0 Å². The van der Waals surface area contributed by atoms with Gasteiger partial charge >= 0.3 is 6.09 Å². The summed E-state index contributed by atoms with van der Waals surface area (Å²) < 4.78 is 29.8. The first-order chi connectivity index (χ1) is 26.4. The number of carbonyl (C=O) groups excluding carboxylic acids is 3. The first kappa shape index (κ1) is 35.3. The molecule has 3 amide bonds. The molecule has 9 rings (SSSR count). The van der Waals surface area contributed by atoms with Crippen LogP contribution >= 0.6 is 0 Å². The molecule has 12 heteroatoms. The van der Waals surface area contributed by atoms with Gasteiger partial charge in [0.25, 0.3) is 5.91 Å². The third-order valence-corrected chi connectivity index (χ3v) is 11.4. The number of amides is 3. The van der Waals surface area contributed by atoms with Gasteiger partial charge in [0.2, 0.25) is 5.91 Å². The van der Waals surface area contributed by atoms with E-state index in [0.29, 0.717) is 18.5 Å². The van der Waals surface area contributed by atoms with Crippen molar-refractivity contribution in [1.29, 1.82) is 0 Å². The fourth-order valence-electron chi connectivity index (χ4n) is 9.29. The number of ether oxygens (including phenoxy) is 4. The summed E-state index contributed by atoms with van der Waals surface area (Å²) in [5.74, 6) is -0.446. The highest BCUT2D eigenvalue weighted by Crippen LogP contribution is 2.54. The molecule has 12 nitrogen and oxygen atoms in total. The molecule has 2 N–H and O–H groups in total. The van der Waals surface area contributed by atoms with Crippen LogP contribution in [0.4, 0.5) is 4.79 Å². The van der Waals surface area contributed by atoms with Gasteiger partial charge in [-0.3, -0.25) is 9.59 Å². The number of alkyl carbamates (subject to hydrolysis) is 1. The van der Waals surface area contributed by atoms with Crippen molar-refractivity contribution in [1.82, 2.24) is 24.7 Å². The average molecular weight is 744 g/mol. The zero-order chi connectivity index (χ0) is 38.4. The van der Waals surface area contributed by atoms with Crippen molar-refractivity contribution in [2.75, 3.05) is 20.8 Å². The maximum atomic E-state index is 14.8. The number of hydrogen-bond donors (Lipinski definition) is 2. The molecule has 6 aromatic rings. The Balaban J connectivity index is 1.19. The van der Waals surface area contributed by atoms with E-state index in [-0.39, 0.29) is 25.0 Å². The molecule has 284 valence electrons. The number of fused-ring (bicyclic) bond motifs is 13. The van der Waals surface area contributed by atoms with E-state index in [0.717, 1.165) is 54.7 Å². The smallest absolute Gasteiger partial charge is 0.408 e. The fourth-order valence-corrected chi connectivity index (χ4v) is 9.29. The third kappa shape index (κ3) is 5.41. The molecule has 5 atom stereocenters. The lowest BCUT2D eigenvalue weighted by atomic mass is 9.91. The Hall–Kier alpha value is -5.43. The summed E-state index contributed by atoms with van der Waals surface area (Å²) >= 11 is 0. The van der Waals surface area contributed by atoms with E-state index in [2.05, 4.69) is 44.0 Å². The number of benzene rings is 4. The van der Waals surface area contributed by atoms with Crippen LogP contribution in [0.2, 0.25) is 0 Å². The number of aromatic nitrogens is 2. The molecule has 55 heavy (non-hydrogen) atoms. The number of carbonyl (C=O) groups is 3. The number of methoxy groups -OCH3 is 1. The number of likely N-dealkylation sites (N-methyl/N-ethyl adjacent to an activating group) is 1. The molecule has 2 aromatic heterocycles. The minimum absolute atomic E-state index is 0.0797. The molecule has 2 bridgehead atoms. The highest BCUT2D eigenvalue weighted by Gasteiger charge is 2.55. The zero-order valence-electron chi connectivity index (χ0n) is 31.8. The molecule has 4 aromatic carbocycles. The van der Waals surface area contributed by atoms with Crippen LogP contribution in [0.5, 0.6) is 0 Å². The lowest BCUT2D eigenvalue weighted by Gasteiger charge is -2.50. The SMILES string of the molecule is CO[C@@H]1[C@H](N(C)C(=O)[C@H](COCc2ccccc2)NC(=O)OC(C)(C)C)C[C@H]2O[C@]1(C)n1c3ccccc3c3c4c(c5c6ccccc6n2c5c31)C(=O)NC4. The van der Waals surface area contributed by atoms with E-state index in [1.54, 1.807) is 39.8 Å². The van der Waals surface area contributed by atoms with Crippen LogP contribution in [-0.2, 0) is 42.6 Å². The van der Waals surface area contributed by atoms with Crippen molar-refractivity contribution in [2.24, 2.45) is 0 Å². The van der Waals surface area contributed by atoms with Gasteiger partial charge in [-0.05, 0) is 51.0 Å². The second kappa shape index (κ2) is 12.8. The predicted octanol–water partition coefficient (Wildman–Crippen LogP) is 6.70. The number of hydrogen-bond acceptors (Lipinski definition) is 7. The van der Waals surface area contributed by atoms with Crippen LogP contribution in [0, 0.1) is 0 Å². The second-order valence-electron chi connectivity index (χ2n) is 16.0. The quantitative estimate of drug-likeness (QED) is 0.178. The van der Waals surface area contributed by atoms with Gasteiger partial charge in [-0.15, -0.1) is 0 Å². The van der Waals surface area contributed by atoms with Crippen LogP contribution in [-0.4, -0.2) is 76.5 Å².